The third-order valence-electron chi connectivity index (χ3n) is 17.3. The molecule has 8 aliphatic rings. The van der Waals surface area contributed by atoms with Crippen molar-refractivity contribution >= 4 is 21.9 Å². The van der Waals surface area contributed by atoms with Gasteiger partial charge in [0.1, 0.15) is 6.04 Å². The van der Waals surface area contributed by atoms with Gasteiger partial charge in [-0.2, -0.15) is 4.31 Å². The molecule has 2 heterocycles. The lowest BCUT2D eigenvalue weighted by Gasteiger charge is -2.64. The Morgan fingerprint density at radius 2 is 1.71 bits per heavy atom. The maximum absolute atomic E-state index is 12.9. The van der Waals surface area contributed by atoms with E-state index in [4.69, 9.17) is 14.2 Å². The van der Waals surface area contributed by atoms with Crippen LogP contribution in [0.2, 0.25) is 0 Å². The number of amides is 1. The molecule has 1 amide bonds. The van der Waals surface area contributed by atoms with E-state index in [1.165, 1.54) is 26.2 Å². The summed E-state index contributed by atoms with van der Waals surface area (Å²) in [5.41, 5.74) is -0.123. The summed E-state index contributed by atoms with van der Waals surface area (Å²) in [6.07, 6.45) is 10.4. The van der Waals surface area contributed by atoms with Gasteiger partial charge in [0.25, 0.3) is 0 Å². The SMILES string of the molecule is C[C@@H]1CC(CN([C@@H](C)C(=O)O)S(C)(=O)=O)OC2[C@H]1C1(C)CC[C@@]34CC35CCC(OC3CN(C(=O)CC6CC6)CCO3)C(C)(C)[C@@H]5CCC4[C@]1(C)[C@H]2O. The van der Waals surface area contributed by atoms with Crippen molar-refractivity contribution in [3.8, 4) is 0 Å². The Morgan fingerprint density at radius 3 is 2.38 bits per heavy atom. The molecule has 2 saturated heterocycles. The number of nitrogens with zero attached hydrogens (tertiary/aromatic N) is 2. The number of hydrogen-bond donors (Lipinski definition) is 2. The summed E-state index contributed by atoms with van der Waals surface area (Å²) >= 11 is 0. The molecule has 11 nitrogen and oxygen atoms in total. The van der Waals surface area contributed by atoms with E-state index in [9.17, 15) is 28.2 Å². The first-order chi connectivity index (χ1) is 24.3. The molecule has 6 saturated carbocycles. The van der Waals surface area contributed by atoms with Crippen LogP contribution in [0.5, 0.6) is 0 Å². The maximum atomic E-state index is 12.9. The van der Waals surface area contributed by atoms with Gasteiger partial charge in [-0.25, -0.2) is 8.42 Å². The molecule has 8 fully saturated rings. The third kappa shape index (κ3) is 5.36. The molecule has 0 aromatic carbocycles. The number of aliphatic hydroxyl groups is 1. The predicted molar refractivity (Wildman–Crippen MR) is 193 cm³/mol. The Labute approximate surface area is 310 Å². The minimum Gasteiger partial charge on any atom is -0.480 e. The number of aliphatic carboxylic acids is 1. The molecule has 7 unspecified atom stereocenters. The van der Waals surface area contributed by atoms with E-state index >= 15 is 0 Å². The Morgan fingerprint density at radius 1 is 1.02 bits per heavy atom. The molecule has 2 aliphatic heterocycles. The summed E-state index contributed by atoms with van der Waals surface area (Å²) in [5.74, 6) is 0.835. The van der Waals surface area contributed by atoms with Crippen molar-refractivity contribution in [2.24, 2.45) is 56.7 Å². The average molecular weight is 749 g/mol. The Hall–Kier alpha value is -1.31. The third-order valence-corrected chi connectivity index (χ3v) is 18.6. The highest BCUT2D eigenvalue weighted by atomic mass is 32.2. The van der Waals surface area contributed by atoms with Crippen molar-refractivity contribution in [2.45, 2.75) is 149 Å². The second kappa shape index (κ2) is 12.3. The van der Waals surface area contributed by atoms with Gasteiger partial charge >= 0.3 is 5.97 Å². The lowest BCUT2D eigenvalue weighted by molar-refractivity contribution is -0.248. The number of ether oxygens (including phenoxy) is 3. The van der Waals surface area contributed by atoms with Gasteiger partial charge in [0.05, 0.1) is 43.8 Å². The summed E-state index contributed by atoms with van der Waals surface area (Å²) in [4.78, 5) is 26.7. The van der Waals surface area contributed by atoms with E-state index in [0.717, 1.165) is 49.1 Å². The first-order valence-corrected chi connectivity index (χ1v) is 22.2. The first-order valence-electron chi connectivity index (χ1n) is 20.4. The van der Waals surface area contributed by atoms with E-state index in [0.29, 0.717) is 50.3 Å². The van der Waals surface area contributed by atoms with Crippen molar-refractivity contribution in [1.29, 1.82) is 0 Å². The number of carboxylic acids is 1. The van der Waals surface area contributed by atoms with Crippen LogP contribution in [0.3, 0.4) is 0 Å². The van der Waals surface area contributed by atoms with Crippen molar-refractivity contribution in [2.75, 3.05) is 32.5 Å². The first kappa shape index (κ1) is 37.6. The summed E-state index contributed by atoms with van der Waals surface area (Å²) in [6.45, 7) is 14.9. The second-order valence-electron chi connectivity index (χ2n) is 19.9. The van der Waals surface area contributed by atoms with Crippen molar-refractivity contribution in [3.63, 3.8) is 0 Å². The summed E-state index contributed by atoms with van der Waals surface area (Å²) in [7, 11) is -3.79. The largest absolute Gasteiger partial charge is 0.480 e. The molecular weight excluding hydrogens is 685 g/mol. The van der Waals surface area contributed by atoms with E-state index < -0.39 is 40.3 Å². The van der Waals surface area contributed by atoms with Crippen LogP contribution in [0.25, 0.3) is 0 Å². The van der Waals surface area contributed by atoms with Crippen LogP contribution in [0.4, 0.5) is 0 Å². The monoisotopic (exact) mass is 748 g/mol. The van der Waals surface area contributed by atoms with E-state index in [2.05, 4.69) is 34.6 Å². The quantitative estimate of drug-likeness (QED) is 0.337. The van der Waals surface area contributed by atoms with Crippen LogP contribution >= 0.6 is 0 Å². The topological polar surface area (TPSA) is 143 Å². The molecule has 12 heteroatoms. The van der Waals surface area contributed by atoms with Crippen LogP contribution in [0, 0.1) is 56.7 Å². The zero-order valence-corrected chi connectivity index (χ0v) is 33.3. The molecule has 0 radical (unpaired) electrons. The number of fused-ring (bicyclic) bond motifs is 4. The molecule has 2 spiro atoms. The minimum absolute atomic E-state index is 0.0306. The van der Waals surface area contributed by atoms with E-state index in [1.807, 2.05) is 4.90 Å². The fourth-order valence-corrected chi connectivity index (χ4v) is 15.6. The van der Waals surface area contributed by atoms with Gasteiger partial charge in [-0.3, -0.25) is 9.59 Å². The number of sulfonamides is 1. The number of morpholine rings is 1. The van der Waals surface area contributed by atoms with Crippen LogP contribution in [-0.2, 0) is 33.8 Å². The molecule has 0 aromatic heterocycles. The fraction of sp³-hybridized carbons (Fsp3) is 0.950. The van der Waals surface area contributed by atoms with Gasteiger partial charge in [0.2, 0.25) is 15.9 Å². The summed E-state index contributed by atoms with van der Waals surface area (Å²) in [5, 5.41) is 22.2. The summed E-state index contributed by atoms with van der Waals surface area (Å²) in [6, 6.07) is -1.20. The van der Waals surface area contributed by atoms with Gasteiger partial charge in [-0.15, -0.1) is 0 Å². The zero-order chi connectivity index (χ0) is 37.4. The number of aliphatic hydroxyl groups excluding tert-OH is 1. The number of hydrogen-bond acceptors (Lipinski definition) is 8. The number of carbonyl (C=O) groups excluding carboxylic acids is 1. The highest BCUT2D eigenvalue weighted by Crippen LogP contribution is 2.89. The standard InChI is InChI=1S/C40H64N2O9S/c1-23-18-26(20-42(52(7,47)48)24(2)35(45)46)50-33-32(23)37(5)14-15-40-22-39(40)13-12-29(36(3,4)27(39)10-11-28(40)38(37,6)34(33)44)51-31-21-41(16-17-49-31)30(43)19-25-8-9-25/h23-29,31-34,44H,8-22H2,1-7H3,(H,45,46)/t23-,24+,26?,27+,28?,29?,31?,32+,33?,34+,37?,38-,39?,40+/m1/s1. The molecule has 8 rings (SSSR count). The van der Waals surface area contributed by atoms with Crippen LogP contribution in [0.1, 0.15) is 112 Å². The Balaban J connectivity index is 0.993. The predicted octanol–water partition coefficient (Wildman–Crippen LogP) is 4.90. The van der Waals surface area contributed by atoms with E-state index in [1.54, 1.807) is 0 Å². The minimum atomic E-state index is -3.79. The van der Waals surface area contributed by atoms with Gasteiger partial charge in [0, 0.05) is 24.9 Å². The zero-order valence-electron chi connectivity index (χ0n) is 32.5. The van der Waals surface area contributed by atoms with Gasteiger partial charge < -0.3 is 29.3 Å². The highest BCUT2D eigenvalue weighted by molar-refractivity contribution is 7.88. The molecule has 0 bridgehead atoms. The molecular formula is C40H64N2O9S. The number of carbonyl (C=O) groups is 2. The van der Waals surface area contributed by atoms with Crippen LogP contribution < -0.4 is 0 Å². The van der Waals surface area contributed by atoms with Gasteiger partial charge in [0.15, 0.2) is 6.29 Å². The Bertz CT molecular complexity index is 1570. The van der Waals surface area contributed by atoms with Crippen molar-refractivity contribution in [3.05, 3.63) is 0 Å². The second-order valence-corrected chi connectivity index (χ2v) is 21.8. The number of carboxylic acid groups (broad SMARTS) is 1. The molecule has 0 aromatic rings. The molecule has 52 heavy (non-hydrogen) atoms. The normalized spacial score (nSPS) is 48.5. The van der Waals surface area contributed by atoms with Crippen LogP contribution in [0.15, 0.2) is 0 Å². The van der Waals surface area contributed by atoms with Crippen LogP contribution in [-0.4, -0.2) is 109 Å². The van der Waals surface area contributed by atoms with E-state index in [-0.39, 0.29) is 63.8 Å². The smallest absolute Gasteiger partial charge is 0.321 e. The molecule has 2 N–H and O–H groups in total. The summed E-state index contributed by atoms with van der Waals surface area (Å²) < 4.78 is 46.2. The van der Waals surface area contributed by atoms with Gasteiger partial charge in [-0.1, -0.05) is 34.6 Å². The number of rotatable bonds is 9. The molecule has 14 atom stereocenters. The lowest BCUT2D eigenvalue weighted by atomic mass is 9.41. The fourth-order valence-electron chi connectivity index (χ4n) is 14.5. The average Bonchev–Trinajstić information content (AvgIpc) is 3.99. The molecule has 6 aliphatic carbocycles. The van der Waals surface area contributed by atoms with Crippen molar-refractivity contribution in [1.82, 2.24) is 9.21 Å². The van der Waals surface area contributed by atoms with Crippen molar-refractivity contribution < 1.29 is 42.4 Å². The maximum Gasteiger partial charge on any atom is 0.321 e. The Kier molecular flexibility index (Phi) is 8.93. The van der Waals surface area contributed by atoms with Gasteiger partial charge in [-0.05, 0) is 122 Å². The molecule has 294 valence electrons. The lowest BCUT2D eigenvalue weighted by Crippen LogP contribution is -2.60. The highest BCUT2D eigenvalue weighted by Gasteiger charge is 2.84.